The van der Waals surface area contributed by atoms with Crippen molar-refractivity contribution in [2.45, 2.75) is 52.0 Å². The molecule has 0 bridgehead atoms. The van der Waals surface area contributed by atoms with Crippen LogP contribution in [0.15, 0.2) is 24.3 Å². The zero-order valence-corrected chi connectivity index (χ0v) is 11.4. The quantitative estimate of drug-likeness (QED) is 0.742. The van der Waals surface area contributed by atoms with Crippen LogP contribution in [0.3, 0.4) is 0 Å². The predicted octanol–water partition coefficient (Wildman–Crippen LogP) is 3.10. The van der Waals surface area contributed by atoms with E-state index < -0.39 is 0 Å². The van der Waals surface area contributed by atoms with Crippen molar-refractivity contribution < 1.29 is 4.79 Å². The molecule has 1 rings (SSSR count). The number of amides is 1. The number of nitrogens with one attached hydrogen (secondary N) is 1. The van der Waals surface area contributed by atoms with Crippen LogP contribution in [0.4, 0.5) is 5.69 Å². The summed E-state index contributed by atoms with van der Waals surface area (Å²) < 4.78 is 0. The third kappa shape index (κ3) is 5.21. The molecule has 0 aromatic heterocycles. The highest BCUT2D eigenvalue weighted by molar-refractivity contribution is 5.76. The van der Waals surface area contributed by atoms with Crippen LogP contribution in [0.25, 0.3) is 0 Å². The Balaban J connectivity index is 2.53. The standard InChI is InChI=1S/C15H24N2O/c1-3-5-6-13(4-2)17-14-9-7-12(8-10-14)11-15(16)18/h7-10,13,17H,3-6,11H2,1-2H3,(H2,16,18). The Morgan fingerprint density at radius 2 is 1.94 bits per heavy atom. The first-order valence-corrected chi connectivity index (χ1v) is 6.79. The van der Waals surface area contributed by atoms with E-state index in [2.05, 4.69) is 19.2 Å². The summed E-state index contributed by atoms with van der Waals surface area (Å²) in [6.07, 6.45) is 5.13. The van der Waals surface area contributed by atoms with Gasteiger partial charge in [-0.1, -0.05) is 38.8 Å². The maximum atomic E-state index is 10.8. The van der Waals surface area contributed by atoms with Gasteiger partial charge in [-0.2, -0.15) is 0 Å². The SMILES string of the molecule is CCCCC(CC)Nc1ccc(CC(N)=O)cc1. The van der Waals surface area contributed by atoms with Crippen LogP contribution in [0, 0.1) is 0 Å². The van der Waals surface area contributed by atoms with Crippen LogP contribution < -0.4 is 11.1 Å². The van der Waals surface area contributed by atoms with Gasteiger partial charge in [0.05, 0.1) is 6.42 Å². The summed E-state index contributed by atoms with van der Waals surface area (Å²) in [6, 6.07) is 8.49. The summed E-state index contributed by atoms with van der Waals surface area (Å²) in [6.45, 7) is 4.42. The molecule has 3 nitrogen and oxygen atoms in total. The first-order valence-electron chi connectivity index (χ1n) is 6.79. The van der Waals surface area contributed by atoms with E-state index in [-0.39, 0.29) is 5.91 Å². The second-order valence-corrected chi connectivity index (χ2v) is 4.73. The molecular weight excluding hydrogens is 224 g/mol. The maximum absolute atomic E-state index is 10.8. The molecule has 0 heterocycles. The lowest BCUT2D eigenvalue weighted by Gasteiger charge is -2.18. The minimum Gasteiger partial charge on any atom is -0.382 e. The van der Waals surface area contributed by atoms with Crippen molar-refractivity contribution in [2.24, 2.45) is 5.73 Å². The van der Waals surface area contributed by atoms with Crippen molar-refractivity contribution >= 4 is 11.6 Å². The molecule has 0 saturated carbocycles. The van der Waals surface area contributed by atoms with Crippen molar-refractivity contribution in [1.82, 2.24) is 0 Å². The smallest absolute Gasteiger partial charge is 0.221 e. The molecule has 3 heteroatoms. The van der Waals surface area contributed by atoms with Crippen LogP contribution >= 0.6 is 0 Å². The molecule has 0 aliphatic rings. The number of rotatable bonds is 8. The second kappa shape index (κ2) is 7.75. The van der Waals surface area contributed by atoms with Gasteiger partial charge in [0, 0.05) is 11.7 Å². The van der Waals surface area contributed by atoms with E-state index in [1.165, 1.54) is 19.3 Å². The van der Waals surface area contributed by atoms with Gasteiger partial charge < -0.3 is 11.1 Å². The van der Waals surface area contributed by atoms with Crippen molar-refractivity contribution in [2.75, 3.05) is 5.32 Å². The zero-order chi connectivity index (χ0) is 13.4. The summed E-state index contributed by atoms with van der Waals surface area (Å²) in [5.41, 5.74) is 7.25. The highest BCUT2D eigenvalue weighted by Crippen LogP contribution is 2.15. The maximum Gasteiger partial charge on any atom is 0.221 e. The molecular formula is C15H24N2O. The number of unbranched alkanes of at least 4 members (excludes halogenated alkanes) is 1. The fourth-order valence-corrected chi connectivity index (χ4v) is 1.98. The van der Waals surface area contributed by atoms with Crippen molar-refractivity contribution in [3.8, 4) is 0 Å². The second-order valence-electron chi connectivity index (χ2n) is 4.73. The minimum atomic E-state index is -0.287. The number of benzene rings is 1. The third-order valence-electron chi connectivity index (χ3n) is 3.10. The first-order chi connectivity index (χ1) is 8.65. The van der Waals surface area contributed by atoms with Crippen LogP contribution in [-0.4, -0.2) is 11.9 Å². The summed E-state index contributed by atoms with van der Waals surface area (Å²) in [4.78, 5) is 10.8. The molecule has 18 heavy (non-hydrogen) atoms. The lowest BCUT2D eigenvalue weighted by molar-refractivity contribution is -0.117. The molecule has 3 N–H and O–H groups in total. The molecule has 1 atom stereocenters. The molecule has 0 fully saturated rings. The normalized spacial score (nSPS) is 12.1. The number of carbonyl (C=O) groups is 1. The molecule has 0 saturated heterocycles. The van der Waals surface area contributed by atoms with Crippen LogP contribution in [-0.2, 0) is 11.2 Å². The molecule has 0 radical (unpaired) electrons. The Kier molecular flexibility index (Phi) is 6.26. The van der Waals surface area contributed by atoms with Crippen molar-refractivity contribution in [3.63, 3.8) is 0 Å². The molecule has 0 aliphatic carbocycles. The van der Waals surface area contributed by atoms with Gasteiger partial charge in [-0.25, -0.2) is 0 Å². The van der Waals surface area contributed by atoms with E-state index in [0.29, 0.717) is 12.5 Å². The Bertz CT molecular complexity index is 359. The summed E-state index contributed by atoms with van der Waals surface area (Å²) >= 11 is 0. The highest BCUT2D eigenvalue weighted by atomic mass is 16.1. The average Bonchev–Trinajstić information content (AvgIpc) is 2.36. The van der Waals surface area contributed by atoms with Crippen LogP contribution in [0.1, 0.15) is 45.1 Å². The molecule has 1 amide bonds. The summed E-state index contributed by atoms with van der Waals surface area (Å²) in [5.74, 6) is -0.287. The lowest BCUT2D eigenvalue weighted by atomic mass is 10.1. The van der Waals surface area contributed by atoms with Gasteiger partial charge in [-0.3, -0.25) is 4.79 Å². The number of carbonyl (C=O) groups excluding carboxylic acids is 1. The van der Waals surface area contributed by atoms with Gasteiger partial charge in [-0.15, -0.1) is 0 Å². The van der Waals surface area contributed by atoms with Crippen molar-refractivity contribution in [1.29, 1.82) is 0 Å². The largest absolute Gasteiger partial charge is 0.382 e. The summed E-state index contributed by atoms with van der Waals surface area (Å²) in [5, 5.41) is 3.53. The van der Waals surface area contributed by atoms with Gasteiger partial charge in [0.2, 0.25) is 5.91 Å². The minimum absolute atomic E-state index is 0.287. The number of anilines is 1. The molecule has 1 aromatic rings. The van der Waals surface area contributed by atoms with E-state index >= 15 is 0 Å². The van der Waals surface area contributed by atoms with Crippen LogP contribution in [0.2, 0.25) is 0 Å². The molecule has 1 aromatic carbocycles. The summed E-state index contributed by atoms with van der Waals surface area (Å²) in [7, 11) is 0. The average molecular weight is 248 g/mol. The van der Waals surface area contributed by atoms with Gasteiger partial charge in [0.15, 0.2) is 0 Å². The fraction of sp³-hybridized carbons (Fsp3) is 0.533. The Morgan fingerprint density at radius 1 is 1.28 bits per heavy atom. The van der Waals surface area contributed by atoms with Gasteiger partial charge in [-0.05, 0) is 30.5 Å². The van der Waals surface area contributed by atoms with Crippen molar-refractivity contribution in [3.05, 3.63) is 29.8 Å². The third-order valence-corrected chi connectivity index (χ3v) is 3.10. The highest BCUT2D eigenvalue weighted by Gasteiger charge is 2.05. The van der Waals surface area contributed by atoms with Gasteiger partial charge in [0.25, 0.3) is 0 Å². The fourth-order valence-electron chi connectivity index (χ4n) is 1.98. The molecule has 100 valence electrons. The van der Waals surface area contributed by atoms with E-state index in [1.807, 2.05) is 24.3 Å². The first kappa shape index (κ1) is 14.6. The molecule has 0 aliphatic heterocycles. The zero-order valence-electron chi connectivity index (χ0n) is 11.4. The number of hydrogen-bond donors (Lipinski definition) is 2. The number of primary amides is 1. The van der Waals surface area contributed by atoms with Crippen LogP contribution in [0.5, 0.6) is 0 Å². The van der Waals surface area contributed by atoms with E-state index in [0.717, 1.165) is 17.7 Å². The monoisotopic (exact) mass is 248 g/mol. The Labute approximate surface area is 110 Å². The number of hydrogen-bond acceptors (Lipinski definition) is 2. The topological polar surface area (TPSA) is 55.1 Å². The molecule has 1 unspecified atom stereocenters. The lowest BCUT2D eigenvalue weighted by Crippen LogP contribution is -2.18. The van der Waals surface area contributed by atoms with E-state index in [9.17, 15) is 4.79 Å². The van der Waals surface area contributed by atoms with E-state index in [4.69, 9.17) is 5.73 Å². The van der Waals surface area contributed by atoms with E-state index in [1.54, 1.807) is 0 Å². The predicted molar refractivity (Wildman–Crippen MR) is 76.6 cm³/mol. The Hall–Kier alpha value is -1.51. The van der Waals surface area contributed by atoms with Gasteiger partial charge >= 0.3 is 0 Å². The molecule has 0 spiro atoms. The number of nitrogens with two attached hydrogens (primary N) is 1. The van der Waals surface area contributed by atoms with Gasteiger partial charge in [0.1, 0.15) is 0 Å². The Morgan fingerprint density at radius 3 is 2.44 bits per heavy atom.